The minimum Gasteiger partial charge on any atom is -0.383 e. The van der Waals surface area contributed by atoms with Crippen LogP contribution in [0.2, 0.25) is 0 Å². The Morgan fingerprint density at radius 3 is 2.56 bits per heavy atom. The number of nitrogens with zero attached hydrogens (tertiary/aromatic N) is 2. The average Bonchev–Trinajstić information content (AvgIpc) is 2.39. The fraction of sp³-hybridized carbons (Fsp3) is 0.643. The van der Waals surface area contributed by atoms with E-state index in [1.54, 1.807) is 7.11 Å². The SMILES string of the molecule is CCC(C)N(CCOC)c1ccc(C(C)N)cn1. The Labute approximate surface area is 110 Å². The van der Waals surface area contributed by atoms with Crippen molar-refractivity contribution in [1.29, 1.82) is 0 Å². The predicted octanol–water partition coefficient (Wildman–Crippen LogP) is 2.35. The fourth-order valence-corrected chi connectivity index (χ4v) is 1.81. The zero-order valence-electron chi connectivity index (χ0n) is 11.9. The summed E-state index contributed by atoms with van der Waals surface area (Å²) < 4.78 is 5.16. The molecule has 0 amide bonds. The van der Waals surface area contributed by atoms with E-state index >= 15 is 0 Å². The molecule has 2 atom stereocenters. The molecule has 0 saturated heterocycles. The zero-order chi connectivity index (χ0) is 13.5. The smallest absolute Gasteiger partial charge is 0.128 e. The van der Waals surface area contributed by atoms with Gasteiger partial charge < -0.3 is 15.4 Å². The maximum Gasteiger partial charge on any atom is 0.128 e. The van der Waals surface area contributed by atoms with Crippen LogP contribution < -0.4 is 10.6 Å². The number of methoxy groups -OCH3 is 1. The zero-order valence-corrected chi connectivity index (χ0v) is 11.9. The van der Waals surface area contributed by atoms with E-state index in [9.17, 15) is 0 Å². The molecule has 4 nitrogen and oxygen atoms in total. The van der Waals surface area contributed by atoms with Gasteiger partial charge in [0.15, 0.2) is 0 Å². The molecule has 0 aliphatic carbocycles. The molecule has 0 aliphatic rings. The van der Waals surface area contributed by atoms with E-state index in [1.807, 2.05) is 19.2 Å². The molecule has 102 valence electrons. The first-order valence-electron chi connectivity index (χ1n) is 6.57. The van der Waals surface area contributed by atoms with E-state index in [-0.39, 0.29) is 6.04 Å². The van der Waals surface area contributed by atoms with E-state index in [2.05, 4.69) is 29.8 Å². The summed E-state index contributed by atoms with van der Waals surface area (Å²) in [6, 6.07) is 4.58. The summed E-state index contributed by atoms with van der Waals surface area (Å²) in [7, 11) is 1.72. The third-order valence-corrected chi connectivity index (χ3v) is 3.25. The molecule has 2 unspecified atom stereocenters. The number of aromatic nitrogens is 1. The highest BCUT2D eigenvalue weighted by Gasteiger charge is 2.14. The number of hydrogen-bond acceptors (Lipinski definition) is 4. The maximum atomic E-state index is 5.83. The van der Waals surface area contributed by atoms with E-state index in [0.717, 1.165) is 24.3 Å². The lowest BCUT2D eigenvalue weighted by molar-refractivity contribution is 0.203. The van der Waals surface area contributed by atoms with E-state index in [0.29, 0.717) is 12.6 Å². The minimum atomic E-state index is 0.0302. The predicted molar refractivity (Wildman–Crippen MR) is 75.8 cm³/mol. The van der Waals surface area contributed by atoms with Crippen LogP contribution in [0.15, 0.2) is 18.3 Å². The molecule has 0 aliphatic heterocycles. The number of ether oxygens (including phenoxy) is 1. The molecule has 0 bridgehead atoms. The van der Waals surface area contributed by atoms with Crippen LogP contribution in [0.1, 0.15) is 38.8 Å². The van der Waals surface area contributed by atoms with Crippen LogP contribution in [0, 0.1) is 0 Å². The van der Waals surface area contributed by atoms with Gasteiger partial charge in [0.1, 0.15) is 5.82 Å². The third-order valence-electron chi connectivity index (χ3n) is 3.25. The van der Waals surface area contributed by atoms with Gasteiger partial charge in [-0.2, -0.15) is 0 Å². The average molecular weight is 251 g/mol. The van der Waals surface area contributed by atoms with Crippen molar-refractivity contribution >= 4 is 5.82 Å². The van der Waals surface area contributed by atoms with Gasteiger partial charge in [0.05, 0.1) is 6.61 Å². The van der Waals surface area contributed by atoms with Gasteiger partial charge >= 0.3 is 0 Å². The molecule has 1 aromatic rings. The summed E-state index contributed by atoms with van der Waals surface area (Å²) in [5.41, 5.74) is 6.90. The second-order valence-corrected chi connectivity index (χ2v) is 4.68. The van der Waals surface area contributed by atoms with Crippen LogP contribution in [0.5, 0.6) is 0 Å². The van der Waals surface area contributed by atoms with Crippen molar-refractivity contribution in [3.8, 4) is 0 Å². The van der Waals surface area contributed by atoms with E-state index in [1.165, 1.54) is 0 Å². The summed E-state index contributed by atoms with van der Waals surface area (Å²) in [6.45, 7) is 7.92. The molecule has 4 heteroatoms. The van der Waals surface area contributed by atoms with Gasteiger partial charge in [0.25, 0.3) is 0 Å². The topological polar surface area (TPSA) is 51.4 Å². The molecule has 0 saturated carbocycles. The van der Waals surface area contributed by atoms with Crippen molar-refractivity contribution in [2.24, 2.45) is 5.73 Å². The Bertz CT molecular complexity index is 337. The highest BCUT2D eigenvalue weighted by atomic mass is 16.5. The summed E-state index contributed by atoms with van der Waals surface area (Å²) in [4.78, 5) is 6.78. The molecule has 1 rings (SSSR count). The number of hydrogen-bond donors (Lipinski definition) is 1. The van der Waals surface area contributed by atoms with Crippen LogP contribution in [-0.4, -0.2) is 31.3 Å². The molecule has 1 heterocycles. The van der Waals surface area contributed by atoms with Crippen LogP contribution in [0.25, 0.3) is 0 Å². The molecule has 18 heavy (non-hydrogen) atoms. The maximum absolute atomic E-state index is 5.83. The highest BCUT2D eigenvalue weighted by Crippen LogP contribution is 2.18. The van der Waals surface area contributed by atoms with Crippen molar-refractivity contribution in [2.75, 3.05) is 25.2 Å². The van der Waals surface area contributed by atoms with Crippen molar-refractivity contribution in [3.63, 3.8) is 0 Å². The van der Waals surface area contributed by atoms with Crippen LogP contribution in [-0.2, 0) is 4.74 Å². The molecule has 0 spiro atoms. The van der Waals surface area contributed by atoms with E-state index in [4.69, 9.17) is 10.5 Å². The second kappa shape index (κ2) is 7.34. The van der Waals surface area contributed by atoms with Gasteiger partial charge in [-0.1, -0.05) is 13.0 Å². The molecular formula is C14H25N3O. The van der Waals surface area contributed by atoms with E-state index < -0.39 is 0 Å². The Hall–Kier alpha value is -1.13. The number of pyridine rings is 1. The molecule has 2 N–H and O–H groups in total. The van der Waals surface area contributed by atoms with Crippen molar-refractivity contribution in [2.45, 2.75) is 39.3 Å². The molecule has 0 radical (unpaired) electrons. The first kappa shape index (κ1) is 14.9. The number of rotatable bonds is 7. The van der Waals surface area contributed by atoms with Crippen LogP contribution in [0.3, 0.4) is 0 Å². The van der Waals surface area contributed by atoms with Crippen LogP contribution >= 0.6 is 0 Å². The first-order valence-corrected chi connectivity index (χ1v) is 6.57. The number of nitrogens with two attached hydrogens (primary N) is 1. The van der Waals surface area contributed by atoms with Crippen molar-refractivity contribution < 1.29 is 4.74 Å². The lowest BCUT2D eigenvalue weighted by atomic mass is 10.1. The minimum absolute atomic E-state index is 0.0302. The molecule has 0 aromatic carbocycles. The Morgan fingerprint density at radius 2 is 2.11 bits per heavy atom. The highest BCUT2D eigenvalue weighted by molar-refractivity contribution is 5.40. The largest absolute Gasteiger partial charge is 0.383 e. The molecular weight excluding hydrogens is 226 g/mol. The Kier molecular flexibility index (Phi) is 6.09. The quantitative estimate of drug-likeness (QED) is 0.808. The monoisotopic (exact) mass is 251 g/mol. The van der Waals surface area contributed by atoms with Gasteiger partial charge in [0.2, 0.25) is 0 Å². The molecule has 0 fully saturated rings. The fourth-order valence-electron chi connectivity index (χ4n) is 1.81. The first-order chi connectivity index (χ1) is 8.60. The molecule has 1 aromatic heterocycles. The van der Waals surface area contributed by atoms with Gasteiger partial charge in [0, 0.05) is 31.9 Å². The Balaban J connectivity index is 2.83. The summed E-state index contributed by atoms with van der Waals surface area (Å²) in [5, 5.41) is 0. The van der Waals surface area contributed by atoms with Gasteiger partial charge in [-0.3, -0.25) is 0 Å². The summed E-state index contributed by atoms with van der Waals surface area (Å²) in [6.07, 6.45) is 2.95. The van der Waals surface area contributed by atoms with Gasteiger partial charge in [-0.25, -0.2) is 4.98 Å². The van der Waals surface area contributed by atoms with Gasteiger partial charge in [-0.05, 0) is 31.9 Å². The van der Waals surface area contributed by atoms with Crippen molar-refractivity contribution in [1.82, 2.24) is 4.98 Å². The van der Waals surface area contributed by atoms with Gasteiger partial charge in [-0.15, -0.1) is 0 Å². The lowest BCUT2D eigenvalue weighted by Gasteiger charge is -2.29. The summed E-state index contributed by atoms with van der Waals surface area (Å²) >= 11 is 0. The second-order valence-electron chi connectivity index (χ2n) is 4.68. The third kappa shape index (κ3) is 3.96. The standard InChI is InChI=1S/C14H25N3O/c1-5-11(2)17(8-9-18-4)14-7-6-13(10-16-14)12(3)15/h6-7,10-12H,5,8-9,15H2,1-4H3. The lowest BCUT2D eigenvalue weighted by Crippen LogP contribution is -2.36. The van der Waals surface area contributed by atoms with Crippen LogP contribution in [0.4, 0.5) is 5.82 Å². The van der Waals surface area contributed by atoms with Crippen molar-refractivity contribution in [3.05, 3.63) is 23.9 Å². The normalized spacial score (nSPS) is 14.3. The Morgan fingerprint density at radius 1 is 1.39 bits per heavy atom. The number of anilines is 1. The summed E-state index contributed by atoms with van der Waals surface area (Å²) in [5.74, 6) is 0.991.